The smallest absolute Gasteiger partial charge is 0.250 e. The van der Waals surface area contributed by atoms with Gasteiger partial charge in [0.05, 0.1) is 6.17 Å². The Bertz CT molecular complexity index is 400. The maximum absolute atomic E-state index is 12.1. The predicted octanol–water partition coefficient (Wildman–Crippen LogP) is 2.68. The summed E-state index contributed by atoms with van der Waals surface area (Å²) in [5, 5.41) is 0. The van der Waals surface area contributed by atoms with Crippen LogP contribution in [0.4, 0.5) is 0 Å². The molecule has 3 nitrogen and oxygen atoms in total. The van der Waals surface area contributed by atoms with E-state index in [1.807, 2.05) is 30.3 Å². The van der Waals surface area contributed by atoms with E-state index in [1.165, 1.54) is 0 Å². The molecule has 0 saturated heterocycles. The van der Waals surface area contributed by atoms with E-state index in [9.17, 15) is 4.79 Å². The van der Waals surface area contributed by atoms with Crippen LogP contribution in [0.2, 0.25) is 0 Å². The van der Waals surface area contributed by atoms with Gasteiger partial charge in [-0.3, -0.25) is 4.79 Å². The van der Waals surface area contributed by atoms with Gasteiger partial charge in [-0.25, -0.2) is 0 Å². The Kier molecular flexibility index (Phi) is 5.59. The lowest BCUT2D eigenvalue weighted by molar-refractivity contribution is -0.130. The number of hydrogen-bond donors (Lipinski definition) is 1. The van der Waals surface area contributed by atoms with Crippen molar-refractivity contribution < 1.29 is 4.79 Å². The highest BCUT2D eigenvalue weighted by Crippen LogP contribution is 2.12. The van der Waals surface area contributed by atoms with E-state index < -0.39 is 0 Å². The second-order valence-corrected chi connectivity index (χ2v) is 4.56. The SMILES string of the molecule is C=C(C)C(=O)N(Cc1ccccc1)C(N)CCC. The van der Waals surface area contributed by atoms with Gasteiger partial charge in [-0.05, 0) is 18.9 Å². The third-order valence-electron chi connectivity index (χ3n) is 2.81. The molecule has 1 rings (SSSR count). The number of nitrogens with two attached hydrogens (primary N) is 1. The van der Waals surface area contributed by atoms with Gasteiger partial charge in [0.2, 0.25) is 5.91 Å². The molecule has 0 aliphatic carbocycles. The summed E-state index contributed by atoms with van der Waals surface area (Å²) in [5.74, 6) is -0.0696. The molecule has 1 atom stereocenters. The third kappa shape index (κ3) is 4.00. The van der Waals surface area contributed by atoms with Gasteiger partial charge in [0.1, 0.15) is 0 Å². The van der Waals surface area contributed by atoms with Crippen LogP contribution in [0, 0.1) is 0 Å². The molecular weight excluding hydrogens is 224 g/mol. The second-order valence-electron chi connectivity index (χ2n) is 4.56. The van der Waals surface area contributed by atoms with Crippen molar-refractivity contribution in [3.8, 4) is 0 Å². The number of benzene rings is 1. The standard InChI is InChI=1S/C15H22N2O/c1-4-8-14(16)17(15(18)12(2)3)11-13-9-6-5-7-10-13/h5-7,9-10,14H,2,4,8,11,16H2,1,3H3. The Labute approximate surface area is 109 Å². The van der Waals surface area contributed by atoms with Gasteiger partial charge in [-0.2, -0.15) is 0 Å². The van der Waals surface area contributed by atoms with Gasteiger partial charge < -0.3 is 10.6 Å². The van der Waals surface area contributed by atoms with Crippen molar-refractivity contribution >= 4 is 5.91 Å². The van der Waals surface area contributed by atoms with Crippen LogP contribution in [0.5, 0.6) is 0 Å². The molecule has 0 aromatic heterocycles. The molecular formula is C15H22N2O. The molecule has 2 N–H and O–H groups in total. The van der Waals surface area contributed by atoms with E-state index in [1.54, 1.807) is 11.8 Å². The summed E-state index contributed by atoms with van der Waals surface area (Å²) < 4.78 is 0. The fraction of sp³-hybridized carbons (Fsp3) is 0.400. The van der Waals surface area contributed by atoms with E-state index in [0.717, 1.165) is 18.4 Å². The van der Waals surface area contributed by atoms with E-state index in [0.29, 0.717) is 12.1 Å². The minimum atomic E-state index is -0.251. The number of nitrogens with zero attached hydrogens (tertiary/aromatic N) is 1. The zero-order valence-corrected chi connectivity index (χ0v) is 11.2. The number of rotatable bonds is 6. The molecule has 1 aromatic rings. The summed E-state index contributed by atoms with van der Waals surface area (Å²) in [6.45, 7) is 8.03. The number of hydrogen-bond acceptors (Lipinski definition) is 2. The van der Waals surface area contributed by atoms with Crippen LogP contribution in [-0.2, 0) is 11.3 Å². The summed E-state index contributed by atoms with van der Waals surface area (Å²) in [6.07, 6.45) is 1.50. The summed E-state index contributed by atoms with van der Waals surface area (Å²) in [7, 11) is 0. The molecule has 0 radical (unpaired) electrons. The lowest BCUT2D eigenvalue weighted by Gasteiger charge is -2.29. The Balaban J connectivity index is 2.84. The van der Waals surface area contributed by atoms with Crippen molar-refractivity contribution in [1.29, 1.82) is 0 Å². The first-order valence-electron chi connectivity index (χ1n) is 6.32. The highest BCUT2D eigenvalue weighted by molar-refractivity contribution is 5.92. The van der Waals surface area contributed by atoms with Crippen LogP contribution in [0.25, 0.3) is 0 Å². The topological polar surface area (TPSA) is 46.3 Å². The molecule has 0 saturated carbocycles. The van der Waals surface area contributed by atoms with Crippen LogP contribution in [-0.4, -0.2) is 17.0 Å². The van der Waals surface area contributed by atoms with Gasteiger partial charge >= 0.3 is 0 Å². The highest BCUT2D eigenvalue weighted by atomic mass is 16.2. The van der Waals surface area contributed by atoms with E-state index in [4.69, 9.17) is 5.73 Å². The van der Waals surface area contributed by atoms with Crippen LogP contribution in [0.15, 0.2) is 42.5 Å². The first-order chi connectivity index (χ1) is 8.56. The number of carbonyl (C=O) groups excluding carboxylic acids is 1. The Morgan fingerprint density at radius 1 is 1.39 bits per heavy atom. The molecule has 0 bridgehead atoms. The fourth-order valence-corrected chi connectivity index (χ4v) is 1.82. The van der Waals surface area contributed by atoms with Gasteiger partial charge in [-0.15, -0.1) is 0 Å². The minimum absolute atomic E-state index is 0.0696. The first-order valence-corrected chi connectivity index (χ1v) is 6.32. The quantitative estimate of drug-likeness (QED) is 0.619. The molecule has 0 aliphatic heterocycles. The average molecular weight is 246 g/mol. The zero-order chi connectivity index (χ0) is 13.5. The third-order valence-corrected chi connectivity index (χ3v) is 2.81. The summed E-state index contributed by atoms with van der Waals surface area (Å²) >= 11 is 0. The molecule has 0 fully saturated rings. The molecule has 1 aromatic carbocycles. The van der Waals surface area contributed by atoms with Crippen molar-refractivity contribution in [2.75, 3.05) is 0 Å². The highest BCUT2D eigenvalue weighted by Gasteiger charge is 2.20. The maximum Gasteiger partial charge on any atom is 0.250 e. The Morgan fingerprint density at radius 2 is 2.00 bits per heavy atom. The van der Waals surface area contributed by atoms with E-state index >= 15 is 0 Å². The largest absolute Gasteiger partial charge is 0.319 e. The molecule has 98 valence electrons. The molecule has 1 amide bonds. The monoisotopic (exact) mass is 246 g/mol. The first kappa shape index (κ1) is 14.5. The van der Waals surface area contributed by atoms with Crippen LogP contribution in [0.3, 0.4) is 0 Å². The predicted molar refractivity (Wildman–Crippen MR) is 74.7 cm³/mol. The Morgan fingerprint density at radius 3 is 2.50 bits per heavy atom. The molecule has 0 aliphatic rings. The number of amides is 1. The average Bonchev–Trinajstić information content (AvgIpc) is 2.36. The van der Waals surface area contributed by atoms with Crippen molar-refractivity contribution in [2.24, 2.45) is 5.73 Å². The van der Waals surface area contributed by atoms with Gasteiger partial charge in [0, 0.05) is 12.1 Å². The van der Waals surface area contributed by atoms with Gasteiger partial charge in [-0.1, -0.05) is 50.3 Å². The summed E-state index contributed by atoms with van der Waals surface area (Å²) in [4.78, 5) is 13.8. The zero-order valence-electron chi connectivity index (χ0n) is 11.2. The van der Waals surface area contributed by atoms with E-state index in [-0.39, 0.29) is 12.1 Å². The fourth-order valence-electron chi connectivity index (χ4n) is 1.82. The summed E-state index contributed by atoms with van der Waals surface area (Å²) in [6, 6.07) is 9.88. The maximum atomic E-state index is 12.1. The lowest BCUT2D eigenvalue weighted by atomic mass is 10.1. The summed E-state index contributed by atoms with van der Waals surface area (Å²) in [5.41, 5.74) is 7.69. The number of carbonyl (C=O) groups is 1. The molecule has 0 spiro atoms. The normalized spacial score (nSPS) is 11.9. The second kappa shape index (κ2) is 6.97. The van der Waals surface area contributed by atoms with Crippen molar-refractivity contribution in [1.82, 2.24) is 4.90 Å². The van der Waals surface area contributed by atoms with E-state index in [2.05, 4.69) is 13.5 Å². The Hall–Kier alpha value is -1.61. The lowest BCUT2D eigenvalue weighted by Crippen LogP contribution is -2.45. The van der Waals surface area contributed by atoms with Crippen molar-refractivity contribution in [3.63, 3.8) is 0 Å². The van der Waals surface area contributed by atoms with Crippen LogP contribution < -0.4 is 5.73 Å². The molecule has 3 heteroatoms. The van der Waals surface area contributed by atoms with Crippen LogP contribution in [0.1, 0.15) is 32.3 Å². The van der Waals surface area contributed by atoms with Gasteiger partial charge in [0.15, 0.2) is 0 Å². The minimum Gasteiger partial charge on any atom is -0.319 e. The van der Waals surface area contributed by atoms with Crippen LogP contribution >= 0.6 is 0 Å². The van der Waals surface area contributed by atoms with Gasteiger partial charge in [0.25, 0.3) is 0 Å². The van der Waals surface area contributed by atoms with Crippen molar-refractivity contribution in [3.05, 3.63) is 48.0 Å². The molecule has 1 unspecified atom stereocenters. The van der Waals surface area contributed by atoms with Crippen molar-refractivity contribution in [2.45, 2.75) is 39.4 Å². The molecule has 18 heavy (non-hydrogen) atoms. The molecule has 0 heterocycles.